The van der Waals surface area contributed by atoms with Crippen molar-refractivity contribution in [2.45, 2.75) is 0 Å². The summed E-state index contributed by atoms with van der Waals surface area (Å²) in [7, 11) is 1.59. The van der Waals surface area contributed by atoms with E-state index in [2.05, 4.69) is 21.9 Å². The molecule has 1 aromatic heterocycles. The summed E-state index contributed by atoms with van der Waals surface area (Å²) >= 11 is 5.74. The topological polar surface area (TPSA) is 63.3 Å². The van der Waals surface area contributed by atoms with Crippen molar-refractivity contribution < 1.29 is 0 Å². The van der Waals surface area contributed by atoms with Crippen LogP contribution in [0.1, 0.15) is 5.69 Å². The van der Waals surface area contributed by atoms with E-state index >= 15 is 0 Å². The molecule has 1 heterocycles. The standard InChI is InChI=1S/C9H11ClN4/c1-3-13-6-4-5-7(10)14-8(6)9(11)12-2/h3-5,13H,1H2,2H3,(H2,11,12). The van der Waals surface area contributed by atoms with E-state index in [9.17, 15) is 0 Å². The Labute approximate surface area is 87.5 Å². The first-order valence-corrected chi connectivity index (χ1v) is 4.33. The van der Waals surface area contributed by atoms with Crippen LogP contribution >= 0.6 is 11.6 Å². The zero-order valence-electron chi connectivity index (χ0n) is 7.79. The van der Waals surface area contributed by atoms with Crippen molar-refractivity contribution in [3.63, 3.8) is 0 Å². The number of nitrogens with two attached hydrogens (primary N) is 1. The van der Waals surface area contributed by atoms with Gasteiger partial charge < -0.3 is 11.1 Å². The minimum atomic E-state index is 0.330. The summed E-state index contributed by atoms with van der Waals surface area (Å²) in [6, 6.07) is 3.43. The van der Waals surface area contributed by atoms with Gasteiger partial charge in [-0.05, 0) is 18.3 Å². The van der Waals surface area contributed by atoms with E-state index in [0.717, 1.165) is 5.69 Å². The Bertz CT molecular complexity index is 373. The van der Waals surface area contributed by atoms with Crippen molar-refractivity contribution in [2.24, 2.45) is 10.7 Å². The van der Waals surface area contributed by atoms with Crippen LogP contribution in [-0.2, 0) is 0 Å². The summed E-state index contributed by atoms with van der Waals surface area (Å²) in [5, 5.41) is 3.28. The van der Waals surface area contributed by atoms with Crippen molar-refractivity contribution in [2.75, 3.05) is 12.4 Å². The number of nitrogens with one attached hydrogen (secondary N) is 1. The van der Waals surface area contributed by atoms with Crippen molar-refractivity contribution >= 4 is 23.1 Å². The fourth-order valence-electron chi connectivity index (χ4n) is 0.963. The first kappa shape index (κ1) is 10.5. The van der Waals surface area contributed by atoms with E-state index in [-0.39, 0.29) is 0 Å². The molecule has 0 atom stereocenters. The Morgan fingerprint density at radius 3 is 3.00 bits per heavy atom. The lowest BCUT2D eigenvalue weighted by Crippen LogP contribution is -2.16. The van der Waals surface area contributed by atoms with Crippen LogP contribution in [0.5, 0.6) is 0 Å². The second-order valence-electron chi connectivity index (χ2n) is 2.49. The first-order valence-electron chi connectivity index (χ1n) is 3.95. The molecule has 0 amide bonds. The third-order valence-electron chi connectivity index (χ3n) is 1.60. The Kier molecular flexibility index (Phi) is 3.48. The predicted molar refractivity (Wildman–Crippen MR) is 59.7 cm³/mol. The second-order valence-corrected chi connectivity index (χ2v) is 2.87. The number of aromatic nitrogens is 1. The Morgan fingerprint density at radius 2 is 2.43 bits per heavy atom. The molecular formula is C9H11ClN4. The number of anilines is 1. The second kappa shape index (κ2) is 4.62. The fourth-order valence-corrected chi connectivity index (χ4v) is 1.11. The van der Waals surface area contributed by atoms with Crippen LogP contribution < -0.4 is 11.1 Å². The van der Waals surface area contributed by atoms with Crippen LogP contribution in [-0.4, -0.2) is 17.9 Å². The molecule has 1 rings (SSSR count). The molecule has 4 nitrogen and oxygen atoms in total. The number of halogens is 1. The minimum absolute atomic E-state index is 0.330. The average molecular weight is 211 g/mol. The average Bonchev–Trinajstić information content (AvgIpc) is 2.20. The molecular weight excluding hydrogens is 200 g/mol. The number of aliphatic imine (C=N–C) groups is 1. The summed E-state index contributed by atoms with van der Waals surface area (Å²) in [5.41, 5.74) is 6.91. The maximum atomic E-state index is 5.74. The zero-order chi connectivity index (χ0) is 10.6. The van der Waals surface area contributed by atoms with Crippen LogP contribution in [0.4, 0.5) is 5.69 Å². The number of rotatable bonds is 3. The summed E-state index contributed by atoms with van der Waals surface area (Å²) in [4.78, 5) is 7.90. The van der Waals surface area contributed by atoms with Gasteiger partial charge in [0.15, 0.2) is 0 Å². The molecule has 0 unspecified atom stereocenters. The van der Waals surface area contributed by atoms with Gasteiger partial charge in [0.05, 0.1) is 5.69 Å². The zero-order valence-corrected chi connectivity index (χ0v) is 8.54. The van der Waals surface area contributed by atoms with Crippen LogP contribution in [0.15, 0.2) is 29.9 Å². The lowest BCUT2D eigenvalue weighted by atomic mass is 10.3. The van der Waals surface area contributed by atoms with E-state index in [4.69, 9.17) is 17.3 Å². The van der Waals surface area contributed by atoms with Gasteiger partial charge in [-0.15, -0.1) is 0 Å². The maximum Gasteiger partial charge on any atom is 0.146 e. The number of pyridine rings is 1. The summed E-state index contributed by atoms with van der Waals surface area (Å²) in [6.45, 7) is 3.55. The van der Waals surface area contributed by atoms with Crippen LogP contribution in [0.3, 0.4) is 0 Å². The number of hydrogen-bond donors (Lipinski definition) is 2. The summed E-state index contributed by atoms with van der Waals surface area (Å²) < 4.78 is 0. The van der Waals surface area contributed by atoms with E-state index in [0.29, 0.717) is 16.7 Å². The Hall–Kier alpha value is -1.55. The van der Waals surface area contributed by atoms with Crippen molar-refractivity contribution in [1.82, 2.24) is 4.98 Å². The number of hydrogen-bond acceptors (Lipinski definition) is 3. The third kappa shape index (κ3) is 2.23. The maximum absolute atomic E-state index is 5.74. The van der Waals surface area contributed by atoms with Gasteiger partial charge in [-0.1, -0.05) is 18.2 Å². The van der Waals surface area contributed by atoms with Gasteiger partial charge in [0, 0.05) is 7.05 Å². The molecule has 0 fully saturated rings. The molecule has 0 aliphatic rings. The highest BCUT2D eigenvalue weighted by atomic mass is 35.5. The minimum Gasteiger partial charge on any atom is -0.382 e. The van der Waals surface area contributed by atoms with Gasteiger partial charge in [0.2, 0.25) is 0 Å². The summed E-state index contributed by atoms with van der Waals surface area (Å²) in [5.74, 6) is 0.330. The number of amidine groups is 1. The highest BCUT2D eigenvalue weighted by molar-refractivity contribution is 6.29. The van der Waals surface area contributed by atoms with E-state index < -0.39 is 0 Å². The largest absolute Gasteiger partial charge is 0.382 e. The molecule has 0 radical (unpaired) electrons. The molecule has 14 heavy (non-hydrogen) atoms. The smallest absolute Gasteiger partial charge is 0.146 e. The lowest BCUT2D eigenvalue weighted by molar-refractivity contribution is 1.25. The van der Waals surface area contributed by atoms with Gasteiger partial charge in [0.25, 0.3) is 0 Å². The molecule has 0 aromatic carbocycles. The molecule has 1 aromatic rings. The lowest BCUT2D eigenvalue weighted by Gasteiger charge is -2.07. The molecule has 0 bridgehead atoms. The van der Waals surface area contributed by atoms with E-state index in [1.807, 2.05) is 0 Å². The molecule has 0 aliphatic heterocycles. The van der Waals surface area contributed by atoms with Crippen LogP contribution in [0.2, 0.25) is 5.15 Å². The quantitative estimate of drug-likeness (QED) is 0.453. The normalized spacial score (nSPS) is 11.1. The third-order valence-corrected chi connectivity index (χ3v) is 1.81. The van der Waals surface area contributed by atoms with Crippen molar-refractivity contribution in [3.05, 3.63) is 35.8 Å². The van der Waals surface area contributed by atoms with Gasteiger partial charge in [0.1, 0.15) is 16.7 Å². The summed E-state index contributed by atoms with van der Waals surface area (Å²) in [6.07, 6.45) is 1.54. The number of nitrogens with zero attached hydrogens (tertiary/aromatic N) is 2. The fraction of sp³-hybridized carbons (Fsp3) is 0.111. The van der Waals surface area contributed by atoms with E-state index in [1.54, 1.807) is 19.2 Å². The predicted octanol–water partition coefficient (Wildman–Crippen LogP) is 1.63. The molecule has 0 saturated heterocycles. The first-order chi connectivity index (χ1) is 6.69. The molecule has 5 heteroatoms. The van der Waals surface area contributed by atoms with Crippen molar-refractivity contribution in [1.29, 1.82) is 0 Å². The van der Waals surface area contributed by atoms with Gasteiger partial charge >= 0.3 is 0 Å². The van der Waals surface area contributed by atoms with Gasteiger partial charge in [-0.3, -0.25) is 4.99 Å². The van der Waals surface area contributed by atoms with Crippen LogP contribution in [0, 0.1) is 0 Å². The van der Waals surface area contributed by atoms with E-state index in [1.165, 1.54) is 6.20 Å². The van der Waals surface area contributed by atoms with Crippen LogP contribution in [0.25, 0.3) is 0 Å². The Morgan fingerprint density at radius 1 is 1.71 bits per heavy atom. The van der Waals surface area contributed by atoms with Gasteiger partial charge in [-0.2, -0.15) is 0 Å². The highest BCUT2D eigenvalue weighted by Crippen LogP contribution is 2.16. The molecule has 3 N–H and O–H groups in total. The molecule has 74 valence electrons. The SMILES string of the molecule is C=CNc1ccc(Cl)nc1C(N)=NC. The monoisotopic (exact) mass is 210 g/mol. The highest BCUT2D eigenvalue weighted by Gasteiger charge is 2.07. The molecule has 0 saturated carbocycles. The molecule has 0 spiro atoms. The van der Waals surface area contributed by atoms with Crippen molar-refractivity contribution in [3.8, 4) is 0 Å². The molecule has 0 aliphatic carbocycles. The Balaban J connectivity index is 3.22. The van der Waals surface area contributed by atoms with Gasteiger partial charge in [-0.25, -0.2) is 4.98 Å².